The Morgan fingerprint density at radius 1 is 1.40 bits per heavy atom. The van der Waals surface area contributed by atoms with E-state index in [0.717, 1.165) is 24.4 Å². The van der Waals surface area contributed by atoms with Gasteiger partial charge in [0.25, 0.3) is 0 Å². The third kappa shape index (κ3) is 3.84. The molecule has 1 aromatic carbocycles. The number of ether oxygens (including phenoxy) is 1. The van der Waals surface area contributed by atoms with Crippen molar-refractivity contribution >= 4 is 0 Å². The molecular formula is C16H23N3O. The Morgan fingerprint density at radius 3 is 2.95 bits per heavy atom. The largest absolute Gasteiger partial charge is 0.487 e. The van der Waals surface area contributed by atoms with E-state index in [0.29, 0.717) is 12.6 Å². The molecule has 20 heavy (non-hydrogen) atoms. The van der Waals surface area contributed by atoms with Gasteiger partial charge in [-0.1, -0.05) is 19.1 Å². The van der Waals surface area contributed by atoms with Crippen LogP contribution >= 0.6 is 0 Å². The average molecular weight is 273 g/mol. The summed E-state index contributed by atoms with van der Waals surface area (Å²) < 4.78 is 7.81. The van der Waals surface area contributed by atoms with Crippen molar-refractivity contribution in [1.82, 2.24) is 14.9 Å². The second-order valence-corrected chi connectivity index (χ2v) is 5.03. The molecule has 1 aromatic heterocycles. The molecule has 0 amide bonds. The number of nitrogens with zero attached hydrogens (tertiary/aromatic N) is 2. The van der Waals surface area contributed by atoms with Gasteiger partial charge >= 0.3 is 0 Å². The standard InChI is InChI=1S/C16H23N3O/c1-4-8-18-13(2)14-6-5-7-16(9-14)20-11-15-10-17-12-19(15)3/h5-7,9-10,12-13,18H,4,8,11H2,1-3H3. The molecule has 0 aliphatic rings. The second-order valence-electron chi connectivity index (χ2n) is 5.03. The van der Waals surface area contributed by atoms with Gasteiger partial charge in [0.15, 0.2) is 0 Å². The molecule has 1 unspecified atom stereocenters. The molecule has 2 aromatic rings. The lowest BCUT2D eigenvalue weighted by molar-refractivity contribution is 0.296. The highest BCUT2D eigenvalue weighted by Crippen LogP contribution is 2.20. The topological polar surface area (TPSA) is 39.1 Å². The summed E-state index contributed by atoms with van der Waals surface area (Å²) in [6, 6.07) is 8.61. The number of nitrogens with one attached hydrogen (secondary N) is 1. The number of rotatable bonds is 7. The van der Waals surface area contributed by atoms with Crippen LogP contribution in [-0.4, -0.2) is 16.1 Å². The highest BCUT2D eigenvalue weighted by molar-refractivity contribution is 5.30. The molecule has 2 rings (SSSR count). The summed E-state index contributed by atoms with van der Waals surface area (Å²) >= 11 is 0. The van der Waals surface area contributed by atoms with Crippen LogP contribution in [0.2, 0.25) is 0 Å². The smallest absolute Gasteiger partial charge is 0.130 e. The third-order valence-corrected chi connectivity index (χ3v) is 3.36. The fourth-order valence-corrected chi connectivity index (χ4v) is 2.03. The van der Waals surface area contributed by atoms with E-state index in [2.05, 4.69) is 36.3 Å². The summed E-state index contributed by atoms with van der Waals surface area (Å²) in [4.78, 5) is 4.09. The van der Waals surface area contributed by atoms with Crippen molar-refractivity contribution in [3.8, 4) is 5.75 Å². The molecule has 0 bridgehead atoms. The number of hydrogen-bond acceptors (Lipinski definition) is 3. The first-order valence-corrected chi connectivity index (χ1v) is 7.12. The van der Waals surface area contributed by atoms with E-state index < -0.39 is 0 Å². The van der Waals surface area contributed by atoms with Gasteiger partial charge in [-0.05, 0) is 37.6 Å². The molecule has 1 N–H and O–H groups in total. The number of imidazole rings is 1. The van der Waals surface area contributed by atoms with Crippen LogP contribution in [0.3, 0.4) is 0 Å². The molecule has 0 aliphatic carbocycles. The van der Waals surface area contributed by atoms with E-state index >= 15 is 0 Å². The first kappa shape index (κ1) is 14.6. The zero-order chi connectivity index (χ0) is 14.4. The normalized spacial score (nSPS) is 12.3. The minimum absolute atomic E-state index is 0.343. The van der Waals surface area contributed by atoms with Gasteiger partial charge in [0.2, 0.25) is 0 Å². The summed E-state index contributed by atoms with van der Waals surface area (Å²) in [7, 11) is 1.97. The van der Waals surface area contributed by atoms with Crippen LogP contribution < -0.4 is 10.1 Å². The Hall–Kier alpha value is -1.81. The molecular weight excluding hydrogens is 250 g/mol. The number of aromatic nitrogens is 2. The SMILES string of the molecule is CCCNC(C)c1cccc(OCc2cncn2C)c1. The second kappa shape index (κ2) is 7.10. The van der Waals surface area contributed by atoms with Crippen LogP contribution in [0.5, 0.6) is 5.75 Å². The van der Waals surface area contributed by atoms with Crippen LogP contribution in [-0.2, 0) is 13.7 Å². The van der Waals surface area contributed by atoms with Gasteiger partial charge < -0.3 is 14.6 Å². The Morgan fingerprint density at radius 2 is 2.25 bits per heavy atom. The van der Waals surface area contributed by atoms with Gasteiger partial charge in [0.05, 0.1) is 18.2 Å². The van der Waals surface area contributed by atoms with Crippen LogP contribution in [0, 0.1) is 0 Å². The van der Waals surface area contributed by atoms with Gasteiger partial charge in [-0.3, -0.25) is 0 Å². The molecule has 108 valence electrons. The predicted molar refractivity (Wildman–Crippen MR) is 80.7 cm³/mol. The summed E-state index contributed by atoms with van der Waals surface area (Å²) in [6.45, 7) is 5.92. The minimum Gasteiger partial charge on any atom is -0.487 e. The fraction of sp³-hybridized carbons (Fsp3) is 0.438. The Bertz CT molecular complexity index is 536. The molecule has 0 spiro atoms. The van der Waals surface area contributed by atoms with Gasteiger partial charge in [0.1, 0.15) is 12.4 Å². The lowest BCUT2D eigenvalue weighted by Gasteiger charge is -2.15. The number of aryl methyl sites for hydroxylation is 1. The maximum absolute atomic E-state index is 5.84. The Balaban J connectivity index is 1.97. The van der Waals surface area contributed by atoms with Crippen LogP contribution in [0.25, 0.3) is 0 Å². The van der Waals surface area contributed by atoms with Crippen molar-refractivity contribution in [2.75, 3.05) is 6.54 Å². The van der Waals surface area contributed by atoms with E-state index in [9.17, 15) is 0 Å². The van der Waals surface area contributed by atoms with Crippen LogP contribution in [0.15, 0.2) is 36.8 Å². The molecule has 0 aliphatic heterocycles. The van der Waals surface area contributed by atoms with Crippen molar-refractivity contribution in [1.29, 1.82) is 0 Å². The molecule has 4 heteroatoms. The third-order valence-electron chi connectivity index (χ3n) is 3.36. The zero-order valence-corrected chi connectivity index (χ0v) is 12.5. The Kier molecular flexibility index (Phi) is 5.18. The van der Waals surface area contributed by atoms with Crippen molar-refractivity contribution in [3.05, 3.63) is 48.0 Å². The van der Waals surface area contributed by atoms with E-state index in [4.69, 9.17) is 4.74 Å². The molecule has 1 heterocycles. The van der Waals surface area contributed by atoms with Gasteiger partial charge in [-0.2, -0.15) is 0 Å². The van der Waals surface area contributed by atoms with E-state index in [1.807, 2.05) is 29.9 Å². The van der Waals surface area contributed by atoms with Crippen molar-refractivity contribution < 1.29 is 4.74 Å². The van der Waals surface area contributed by atoms with Crippen LogP contribution in [0.4, 0.5) is 0 Å². The predicted octanol–water partition coefficient (Wildman–Crippen LogP) is 3.06. The summed E-state index contributed by atoms with van der Waals surface area (Å²) in [5.74, 6) is 0.897. The lowest BCUT2D eigenvalue weighted by atomic mass is 10.1. The van der Waals surface area contributed by atoms with E-state index in [-0.39, 0.29) is 0 Å². The maximum atomic E-state index is 5.84. The van der Waals surface area contributed by atoms with Gasteiger partial charge in [-0.15, -0.1) is 0 Å². The van der Waals surface area contributed by atoms with E-state index in [1.54, 1.807) is 6.33 Å². The highest BCUT2D eigenvalue weighted by Gasteiger charge is 2.06. The molecule has 0 fully saturated rings. The fourth-order valence-electron chi connectivity index (χ4n) is 2.03. The first-order chi connectivity index (χ1) is 9.70. The number of hydrogen-bond donors (Lipinski definition) is 1. The van der Waals surface area contributed by atoms with Crippen molar-refractivity contribution in [2.24, 2.45) is 7.05 Å². The van der Waals surface area contributed by atoms with Crippen molar-refractivity contribution in [2.45, 2.75) is 32.9 Å². The molecule has 0 saturated heterocycles. The number of benzene rings is 1. The Labute approximate surface area is 120 Å². The first-order valence-electron chi connectivity index (χ1n) is 7.12. The van der Waals surface area contributed by atoms with Gasteiger partial charge in [0, 0.05) is 13.1 Å². The maximum Gasteiger partial charge on any atom is 0.130 e. The summed E-state index contributed by atoms with van der Waals surface area (Å²) in [5, 5.41) is 3.48. The monoisotopic (exact) mass is 273 g/mol. The summed E-state index contributed by atoms with van der Waals surface area (Å²) in [6.07, 6.45) is 4.75. The minimum atomic E-state index is 0.343. The average Bonchev–Trinajstić information content (AvgIpc) is 2.88. The zero-order valence-electron chi connectivity index (χ0n) is 12.5. The molecule has 0 radical (unpaired) electrons. The van der Waals surface area contributed by atoms with Crippen molar-refractivity contribution in [3.63, 3.8) is 0 Å². The van der Waals surface area contributed by atoms with Gasteiger partial charge in [-0.25, -0.2) is 4.98 Å². The highest BCUT2D eigenvalue weighted by atomic mass is 16.5. The van der Waals surface area contributed by atoms with E-state index in [1.165, 1.54) is 5.56 Å². The van der Waals surface area contributed by atoms with Crippen LogP contribution in [0.1, 0.15) is 37.6 Å². The molecule has 0 saturated carbocycles. The lowest BCUT2D eigenvalue weighted by Crippen LogP contribution is -2.19. The molecule has 1 atom stereocenters. The quantitative estimate of drug-likeness (QED) is 0.842. The summed E-state index contributed by atoms with van der Waals surface area (Å²) in [5.41, 5.74) is 2.31. The molecule has 4 nitrogen and oxygen atoms in total.